The molecule has 7 nitrogen and oxygen atoms in total. The lowest BCUT2D eigenvalue weighted by Crippen LogP contribution is -2.42. The zero-order valence-electron chi connectivity index (χ0n) is 19.0. The number of fused-ring (bicyclic) bond motifs is 1. The van der Waals surface area contributed by atoms with Crippen LogP contribution in [0.1, 0.15) is 43.1 Å². The van der Waals surface area contributed by atoms with E-state index in [0.717, 1.165) is 16.3 Å². The highest BCUT2D eigenvalue weighted by Crippen LogP contribution is 2.25. The van der Waals surface area contributed by atoms with E-state index in [9.17, 15) is 9.59 Å². The van der Waals surface area contributed by atoms with Gasteiger partial charge in [-0.3, -0.25) is 9.59 Å². The van der Waals surface area contributed by atoms with Crippen molar-refractivity contribution in [2.75, 3.05) is 26.3 Å². The van der Waals surface area contributed by atoms with Gasteiger partial charge in [-0.1, -0.05) is 45.0 Å². The zero-order chi connectivity index (χ0) is 23.1. The predicted molar refractivity (Wildman–Crippen MR) is 124 cm³/mol. The van der Waals surface area contributed by atoms with Gasteiger partial charge in [-0.15, -0.1) is 0 Å². The van der Waals surface area contributed by atoms with Gasteiger partial charge in [-0.25, -0.2) is 0 Å². The molecule has 1 radical (unpaired) electrons. The molecule has 2 aromatic carbocycles. The van der Waals surface area contributed by atoms with Crippen LogP contribution in [0.3, 0.4) is 0 Å². The maximum absolute atomic E-state index is 13.1. The van der Waals surface area contributed by atoms with E-state index in [2.05, 4.69) is 5.32 Å². The van der Waals surface area contributed by atoms with Crippen LogP contribution in [0.25, 0.3) is 10.8 Å². The molecular weight excluding hydrogens is 407 g/mol. The molecule has 0 bridgehead atoms. The molecule has 1 saturated heterocycles. The molecule has 1 unspecified atom stereocenters. The Balaban J connectivity index is 1.80. The minimum Gasteiger partial charge on any atom is -0.429 e. The molecule has 1 aliphatic rings. The van der Waals surface area contributed by atoms with E-state index < -0.39 is 6.23 Å². The molecule has 2 N–H and O–H groups in total. The molecule has 1 fully saturated rings. The number of carbonyl (C=O) groups is 2. The number of hydrogen-bond donors (Lipinski definition) is 2. The topological polar surface area (TPSA) is 88.1 Å². The molecule has 0 aromatic heterocycles. The van der Waals surface area contributed by atoms with E-state index in [1.54, 1.807) is 0 Å². The summed E-state index contributed by atoms with van der Waals surface area (Å²) in [5.41, 5.74) is 1.58. The first kappa shape index (κ1) is 24.2. The highest BCUT2D eigenvalue weighted by Gasteiger charge is 2.23. The second-order valence-electron chi connectivity index (χ2n) is 8.73. The van der Waals surface area contributed by atoms with Gasteiger partial charge in [0.25, 0.3) is 5.91 Å². The molecule has 1 aliphatic heterocycles. The van der Waals surface area contributed by atoms with Crippen molar-refractivity contribution in [3.05, 3.63) is 47.5 Å². The second-order valence-corrected chi connectivity index (χ2v) is 8.73. The fraction of sp³-hybridized carbons (Fsp3) is 0.500. The maximum atomic E-state index is 13.1. The van der Waals surface area contributed by atoms with Crippen LogP contribution in [0, 0.1) is 11.8 Å². The number of hydrogen-bond acceptors (Lipinski definition) is 5. The first-order valence-corrected chi connectivity index (χ1v) is 11.2. The Morgan fingerprint density at radius 2 is 1.91 bits per heavy atom. The van der Waals surface area contributed by atoms with E-state index >= 15 is 0 Å². The average molecular weight is 439 g/mol. The highest BCUT2D eigenvalue weighted by molar-refractivity contribution is 6.15. The monoisotopic (exact) mass is 439 g/mol. The molecule has 3 rings (SSSR count). The van der Waals surface area contributed by atoms with Gasteiger partial charge in [0.2, 0.25) is 5.91 Å². The summed E-state index contributed by atoms with van der Waals surface area (Å²) in [6.45, 7) is 8.16. The summed E-state index contributed by atoms with van der Waals surface area (Å²) in [6, 6.07) is 11.7. The number of carbonyl (C=O) groups excluding carboxylic acids is 2. The molecule has 32 heavy (non-hydrogen) atoms. The van der Waals surface area contributed by atoms with Crippen LogP contribution < -0.4 is 5.32 Å². The van der Waals surface area contributed by atoms with Crippen molar-refractivity contribution in [3.8, 4) is 0 Å². The Bertz CT molecular complexity index is 930. The largest absolute Gasteiger partial charge is 0.486 e. The lowest BCUT2D eigenvalue weighted by Gasteiger charge is -2.27. The number of morpholine rings is 1. The quantitative estimate of drug-likeness (QED) is 0.463. The SMILES string of the molecule is CC(C)C[C@H](NC(=O)C(C)Cc1cc(C(=O)N2CCOCC2)cc2ccccc12)O[B]O. The second kappa shape index (κ2) is 11.5. The molecule has 2 amide bonds. The number of nitrogens with zero attached hydrogens (tertiary/aromatic N) is 1. The van der Waals surface area contributed by atoms with E-state index in [4.69, 9.17) is 14.4 Å². The Morgan fingerprint density at radius 1 is 1.19 bits per heavy atom. The maximum Gasteiger partial charge on any atom is 0.486 e. The molecule has 0 aliphatic carbocycles. The Labute approximate surface area is 190 Å². The van der Waals surface area contributed by atoms with Gasteiger partial charge in [0.1, 0.15) is 6.23 Å². The first-order chi connectivity index (χ1) is 15.4. The normalized spacial score (nSPS) is 16.1. The molecule has 8 heteroatoms. The molecule has 0 spiro atoms. The van der Waals surface area contributed by atoms with Crippen LogP contribution in [0.2, 0.25) is 0 Å². The number of nitrogens with one attached hydrogen (secondary N) is 1. The van der Waals surface area contributed by atoms with E-state index in [1.807, 2.05) is 62.1 Å². The summed E-state index contributed by atoms with van der Waals surface area (Å²) < 4.78 is 10.5. The van der Waals surface area contributed by atoms with Gasteiger partial charge in [0.15, 0.2) is 0 Å². The summed E-state index contributed by atoms with van der Waals surface area (Å²) >= 11 is 0. The summed E-state index contributed by atoms with van der Waals surface area (Å²) in [5.74, 6) is -0.223. The van der Waals surface area contributed by atoms with E-state index in [1.165, 1.54) is 0 Å². The number of amides is 2. The number of ether oxygens (including phenoxy) is 1. The molecule has 2 atom stereocenters. The average Bonchev–Trinajstić information content (AvgIpc) is 2.78. The van der Waals surface area contributed by atoms with Crippen molar-refractivity contribution in [2.45, 2.75) is 39.8 Å². The molecule has 1 heterocycles. The Morgan fingerprint density at radius 3 is 2.59 bits per heavy atom. The standard InChI is InChI=1S/C24H32BN2O5/c1-16(2)12-22(32-25-30)26-23(28)17(3)13-19-15-20(14-18-6-4-5-7-21(18)19)24(29)27-8-10-31-11-9-27/h4-7,14-17,22,30H,8-13H2,1-3H3,(H,26,28)/t17?,22-/m1/s1. The van der Waals surface area contributed by atoms with Crippen molar-refractivity contribution in [3.63, 3.8) is 0 Å². The third-order valence-electron chi connectivity index (χ3n) is 5.68. The van der Waals surface area contributed by atoms with Gasteiger partial charge in [0, 0.05) is 24.6 Å². The predicted octanol–water partition coefficient (Wildman–Crippen LogP) is 2.52. The van der Waals surface area contributed by atoms with Crippen molar-refractivity contribution in [2.24, 2.45) is 11.8 Å². The Hall–Kier alpha value is -2.42. The van der Waals surface area contributed by atoms with E-state index in [-0.39, 0.29) is 17.7 Å². The number of rotatable bonds is 9. The molecular formula is C24H32BN2O5. The van der Waals surface area contributed by atoms with Gasteiger partial charge < -0.3 is 24.6 Å². The molecule has 171 valence electrons. The minimum absolute atomic E-state index is 0.0127. The summed E-state index contributed by atoms with van der Waals surface area (Å²) in [6.07, 6.45) is 0.483. The Kier molecular flexibility index (Phi) is 8.67. The summed E-state index contributed by atoms with van der Waals surface area (Å²) in [5, 5.41) is 13.9. The fourth-order valence-corrected chi connectivity index (χ4v) is 4.00. The lowest BCUT2D eigenvalue weighted by molar-refractivity contribution is -0.127. The third kappa shape index (κ3) is 6.31. The van der Waals surface area contributed by atoms with Crippen LogP contribution >= 0.6 is 0 Å². The van der Waals surface area contributed by atoms with Crippen molar-refractivity contribution in [1.82, 2.24) is 10.2 Å². The smallest absolute Gasteiger partial charge is 0.429 e. The first-order valence-electron chi connectivity index (χ1n) is 11.2. The van der Waals surface area contributed by atoms with Gasteiger partial charge in [-0.05, 0) is 47.2 Å². The van der Waals surface area contributed by atoms with Crippen LogP contribution in [-0.2, 0) is 20.6 Å². The summed E-state index contributed by atoms with van der Waals surface area (Å²) in [4.78, 5) is 27.7. The highest BCUT2D eigenvalue weighted by atomic mass is 16.5. The van der Waals surface area contributed by atoms with Crippen molar-refractivity contribution >= 4 is 30.3 Å². The van der Waals surface area contributed by atoms with Crippen molar-refractivity contribution in [1.29, 1.82) is 0 Å². The van der Waals surface area contributed by atoms with Gasteiger partial charge >= 0.3 is 7.69 Å². The van der Waals surface area contributed by atoms with Gasteiger partial charge in [0.05, 0.1) is 13.2 Å². The third-order valence-corrected chi connectivity index (χ3v) is 5.68. The zero-order valence-corrected chi connectivity index (χ0v) is 19.0. The van der Waals surface area contributed by atoms with Crippen LogP contribution in [-0.4, -0.2) is 62.0 Å². The minimum atomic E-state index is -0.582. The molecule has 2 aromatic rings. The summed E-state index contributed by atoms with van der Waals surface area (Å²) in [7, 11) is 0.617. The van der Waals surface area contributed by atoms with Crippen molar-refractivity contribution < 1.29 is 24.0 Å². The van der Waals surface area contributed by atoms with Gasteiger partial charge in [-0.2, -0.15) is 0 Å². The van der Waals surface area contributed by atoms with Crippen LogP contribution in [0.5, 0.6) is 0 Å². The molecule has 0 saturated carbocycles. The van der Waals surface area contributed by atoms with Crippen LogP contribution in [0.15, 0.2) is 36.4 Å². The lowest BCUT2D eigenvalue weighted by atomic mass is 9.93. The number of benzene rings is 2. The van der Waals surface area contributed by atoms with E-state index in [0.29, 0.717) is 58.3 Å². The van der Waals surface area contributed by atoms with Crippen LogP contribution in [0.4, 0.5) is 0 Å². The fourth-order valence-electron chi connectivity index (χ4n) is 4.00.